The summed E-state index contributed by atoms with van der Waals surface area (Å²) in [6, 6.07) is 11.5. The molecular formula is C16H15IN4O. The summed E-state index contributed by atoms with van der Waals surface area (Å²) >= 11 is 2.25. The fourth-order valence-corrected chi connectivity index (χ4v) is 2.95. The lowest BCUT2D eigenvalue weighted by Crippen LogP contribution is -2.20. The number of hydrogen-bond donors (Lipinski definition) is 2. The molecule has 0 atom stereocenters. The molecule has 112 valence electrons. The first kappa shape index (κ1) is 14.8. The molecule has 3 N–H and O–H groups in total. The number of nitrogens with one attached hydrogen (secondary N) is 1. The summed E-state index contributed by atoms with van der Waals surface area (Å²) in [6.07, 6.45) is 1.73. The van der Waals surface area contributed by atoms with E-state index in [4.69, 9.17) is 5.73 Å². The number of nitrogens with two attached hydrogens (primary N) is 1. The van der Waals surface area contributed by atoms with E-state index < -0.39 is 0 Å². The van der Waals surface area contributed by atoms with Crippen LogP contribution < -0.4 is 11.1 Å². The number of aryl methyl sites for hydroxylation is 1. The lowest BCUT2D eigenvalue weighted by Gasteiger charge is -2.09. The van der Waals surface area contributed by atoms with Crippen LogP contribution >= 0.6 is 22.6 Å². The number of fused-ring (bicyclic) bond motifs is 1. The third kappa shape index (κ3) is 3.06. The van der Waals surface area contributed by atoms with E-state index in [1.165, 1.54) is 0 Å². The summed E-state index contributed by atoms with van der Waals surface area (Å²) in [7, 11) is 0. The van der Waals surface area contributed by atoms with Crippen molar-refractivity contribution in [1.29, 1.82) is 0 Å². The lowest BCUT2D eigenvalue weighted by molar-refractivity contribution is -0.116. The maximum Gasteiger partial charge on any atom is 0.246 e. The van der Waals surface area contributed by atoms with Crippen LogP contribution in [0, 0.1) is 10.5 Å². The van der Waals surface area contributed by atoms with Gasteiger partial charge in [0.05, 0.1) is 11.7 Å². The Bertz CT molecular complexity index is 856. The molecule has 0 aliphatic heterocycles. The molecule has 3 aromatic rings. The van der Waals surface area contributed by atoms with Gasteiger partial charge in [-0.3, -0.25) is 9.48 Å². The predicted octanol–water partition coefficient (Wildman–Crippen LogP) is 3.17. The molecule has 0 aliphatic carbocycles. The molecule has 0 unspecified atom stereocenters. The molecule has 1 heterocycles. The summed E-state index contributed by atoms with van der Waals surface area (Å²) in [5.41, 5.74) is 9.17. The lowest BCUT2D eigenvalue weighted by atomic mass is 10.2. The summed E-state index contributed by atoms with van der Waals surface area (Å²) in [5, 5.41) is 8.14. The Balaban J connectivity index is 1.79. The van der Waals surface area contributed by atoms with Crippen LogP contribution in [0.15, 0.2) is 42.6 Å². The fraction of sp³-hybridized carbons (Fsp3) is 0.125. The van der Waals surface area contributed by atoms with E-state index in [-0.39, 0.29) is 12.5 Å². The van der Waals surface area contributed by atoms with Crippen molar-refractivity contribution in [1.82, 2.24) is 9.78 Å². The van der Waals surface area contributed by atoms with Gasteiger partial charge >= 0.3 is 0 Å². The second-order valence-corrected chi connectivity index (χ2v) is 6.37. The summed E-state index contributed by atoms with van der Waals surface area (Å²) in [6.45, 7) is 2.13. The van der Waals surface area contributed by atoms with E-state index in [2.05, 4.69) is 33.0 Å². The van der Waals surface area contributed by atoms with E-state index in [0.29, 0.717) is 5.69 Å². The smallest absolute Gasteiger partial charge is 0.246 e. The second kappa shape index (κ2) is 5.96. The monoisotopic (exact) mass is 406 g/mol. The molecular weight excluding hydrogens is 391 g/mol. The number of anilines is 2. The Morgan fingerprint density at radius 1 is 1.32 bits per heavy atom. The molecule has 3 rings (SSSR count). The molecule has 22 heavy (non-hydrogen) atoms. The van der Waals surface area contributed by atoms with Crippen molar-refractivity contribution >= 4 is 50.8 Å². The van der Waals surface area contributed by atoms with Crippen LogP contribution in [0.3, 0.4) is 0 Å². The zero-order valence-electron chi connectivity index (χ0n) is 12.0. The zero-order valence-corrected chi connectivity index (χ0v) is 14.2. The van der Waals surface area contributed by atoms with Gasteiger partial charge in [-0.15, -0.1) is 0 Å². The van der Waals surface area contributed by atoms with Crippen molar-refractivity contribution in [2.45, 2.75) is 13.5 Å². The number of rotatable bonds is 3. The Hall–Kier alpha value is -2.09. The van der Waals surface area contributed by atoms with Crippen molar-refractivity contribution in [2.75, 3.05) is 11.1 Å². The maximum absolute atomic E-state index is 12.2. The number of benzene rings is 2. The first-order valence-corrected chi connectivity index (χ1v) is 7.88. The molecule has 1 amide bonds. The highest BCUT2D eigenvalue weighted by Gasteiger charge is 2.09. The van der Waals surface area contributed by atoms with E-state index >= 15 is 0 Å². The topological polar surface area (TPSA) is 72.9 Å². The number of nitrogen functional groups attached to an aromatic ring is 1. The first-order chi connectivity index (χ1) is 10.5. The van der Waals surface area contributed by atoms with Crippen LogP contribution in [0.25, 0.3) is 10.9 Å². The van der Waals surface area contributed by atoms with Crippen LogP contribution in [0.2, 0.25) is 0 Å². The Morgan fingerprint density at radius 2 is 2.14 bits per heavy atom. The van der Waals surface area contributed by atoms with Gasteiger partial charge in [-0.2, -0.15) is 5.10 Å². The fourth-order valence-electron chi connectivity index (χ4n) is 2.31. The average Bonchev–Trinajstić information content (AvgIpc) is 2.84. The highest BCUT2D eigenvalue weighted by Crippen LogP contribution is 2.19. The Kier molecular flexibility index (Phi) is 4.02. The standard InChI is InChI=1S/C16H15IN4O/c1-10-6-12(17)3-5-14(10)20-16(22)9-21-15-7-13(18)4-2-11(15)8-19-21/h2-8H,9,18H2,1H3,(H,20,22). The molecule has 6 heteroatoms. The highest BCUT2D eigenvalue weighted by molar-refractivity contribution is 14.1. The molecule has 1 aromatic heterocycles. The van der Waals surface area contributed by atoms with Gasteiger partial charge in [-0.25, -0.2) is 0 Å². The number of amides is 1. The van der Waals surface area contributed by atoms with Crippen molar-refractivity contribution in [3.05, 3.63) is 51.7 Å². The SMILES string of the molecule is Cc1cc(I)ccc1NC(=O)Cn1ncc2ccc(N)cc21. The highest BCUT2D eigenvalue weighted by atomic mass is 127. The summed E-state index contributed by atoms with van der Waals surface area (Å²) in [4.78, 5) is 12.2. The van der Waals surface area contributed by atoms with Crippen LogP contribution in [-0.2, 0) is 11.3 Å². The number of carbonyl (C=O) groups is 1. The summed E-state index contributed by atoms with van der Waals surface area (Å²) in [5.74, 6) is -0.114. The van der Waals surface area contributed by atoms with Crippen molar-refractivity contribution < 1.29 is 4.79 Å². The number of hydrogen-bond acceptors (Lipinski definition) is 3. The molecule has 5 nitrogen and oxygen atoms in total. The van der Waals surface area contributed by atoms with Crippen LogP contribution in [0.4, 0.5) is 11.4 Å². The average molecular weight is 406 g/mol. The van der Waals surface area contributed by atoms with Crippen molar-refractivity contribution in [2.24, 2.45) is 0 Å². The van der Waals surface area contributed by atoms with Crippen LogP contribution in [0.1, 0.15) is 5.56 Å². The molecule has 0 bridgehead atoms. The molecule has 0 spiro atoms. The minimum absolute atomic E-state index is 0.114. The van der Waals surface area contributed by atoms with Gasteiger partial charge in [0.2, 0.25) is 5.91 Å². The summed E-state index contributed by atoms with van der Waals surface area (Å²) < 4.78 is 2.80. The Labute approximate surface area is 141 Å². The minimum atomic E-state index is -0.114. The molecule has 0 aliphatic rings. The van der Waals surface area contributed by atoms with Gasteiger partial charge in [0.15, 0.2) is 0 Å². The first-order valence-electron chi connectivity index (χ1n) is 6.80. The van der Waals surface area contributed by atoms with Crippen LogP contribution in [0.5, 0.6) is 0 Å². The largest absolute Gasteiger partial charge is 0.399 e. The molecule has 2 aromatic carbocycles. The van der Waals surface area contributed by atoms with Gasteiger partial charge in [0.1, 0.15) is 6.54 Å². The molecule has 0 saturated heterocycles. The third-order valence-electron chi connectivity index (χ3n) is 3.42. The number of carbonyl (C=O) groups excluding carboxylic acids is 1. The number of nitrogens with zero attached hydrogens (tertiary/aromatic N) is 2. The number of halogens is 1. The normalized spacial score (nSPS) is 10.8. The second-order valence-electron chi connectivity index (χ2n) is 5.13. The molecule has 0 saturated carbocycles. The van der Waals surface area contributed by atoms with E-state index in [9.17, 15) is 4.79 Å². The van der Waals surface area contributed by atoms with Crippen molar-refractivity contribution in [3.8, 4) is 0 Å². The third-order valence-corrected chi connectivity index (χ3v) is 4.10. The quantitative estimate of drug-likeness (QED) is 0.519. The number of aromatic nitrogens is 2. The van der Waals surface area contributed by atoms with Gasteiger partial charge in [0, 0.05) is 20.3 Å². The minimum Gasteiger partial charge on any atom is -0.399 e. The van der Waals surface area contributed by atoms with Gasteiger partial charge in [-0.05, 0) is 71.5 Å². The van der Waals surface area contributed by atoms with Crippen LogP contribution in [-0.4, -0.2) is 15.7 Å². The maximum atomic E-state index is 12.2. The van der Waals surface area contributed by atoms with Gasteiger partial charge < -0.3 is 11.1 Å². The molecule has 0 fully saturated rings. The van der Waals surface area contributed by atoms with Gasteiger partial charge in [-0.1, -0.05) is 0 Å². The molecule has 0 radical (unpaired) electrons. The zero-order chi connectivity index (χ0) is 15.7. The van der Waals surface area contributed by atoms with E-state index in [1.54, 1.807) is 10.9 Å². The van der Waals surface area contributed by atoms with E-state index in [0.717, 1.165) is 25.7 Å². The van der Waals surface area contributed by atoms with Crippen molar-refractivity contribution in [3.63, 3.8) is 0 Å². The van der Waals surface area contributed by atoms with E-state index in [1.807, 2.05) is 43.3 Å². The predicted molar refractivity (Wildman–Crippen MR) is 96.7 cm³/mol. The van der Waals surface area contributed by atoms with Gasteiger partial charge in [0.25, 0.3) is 0 Å². The Morgan fingerprint density at radius 3 is 2.91 bits per heavy atom.